The van der Waals surface area contributed by atoms with E-state index in [2.05, 4.69) is 40.2 Å². The molecule has 0 N–H and O–H groups in total. The first-order valence-electron chi connectivity index (χ1n) is 10.3. The van der Waals surface area contributed by atoms with Crippen LogP contribution < -0.4 is 9.47 Å². The first kappa shape index (κ1) is 19.5. The molecule has 4 rings (SSSR count). The number of nitrogens with zero attached hydrogens (tertiary/aromatic N) is 2. The molecule has 150 valence electrons. The van der Waals surface area contributed by atoms with Gasteiger partial charge in [0.2, 0.25) is 0 Å². The lowest BCUT2D eigenvalue weighted by atomic mass is 9.95. The molecule has 0 bridgehead atoms. The summed E-state index contributed by atoms with van der Waals surface area (Å²) in [5.41, 5.74) is 3.69. The van der Waals surface area contributed by atoms with Gasteiger partial charge in [-0.25, -0.2) is 0 Å². The summed E-state index contributed by atoms with van der Waals surface area (Å²) in [6.45, 7) is 2.54. The molecule has 2 heterocycles. The van der Waals surface area contributed by atoms with E-state index in [1.807, 2.05) is 42.7 Å². The number of rotatable bonds is 7. The first-order valence-corrected chi connectivity index (χ1v) is 10.3. The maximum Gasteiger partial charge on any atom is 0.161 e. The molecule has 4 heteroatoms. The second kappa shape index (κ2) is 9.57. The van der Waals surface area contributed by atoms with Crippen molar-refractivity contribution < 1.29 is 9.47 Å². The van der Waals surface area contributed by atoms with Crippen LogP contribution in [0.5, 0.6) is 11.5 Å². The highest BCUT2D eigenvalue weighted by molar-refractivity contribution is 5.43. The molecule has 3 aromatic rings. The molecule has 0 aliphatic carbocycles. The number of ether oxygens (including phenoxy) is 2. The SMILES string of the molecule is COc1cc(CN2CCCC[C@H]2c2cccnc2)ccc1OCc1ccccc1. The Bertz CT molecular complexity index is 899. The van der Waals surface area contributed by atoms with Crippen LogP contribution in [-0.2, 0) is 13.2 Å². The largest absolute Gasteiger partial charge is 0.493 e. The number of aromatic nitrogens is 1. The van der Waals surface area contributed by atoms with E-state index >= 15 is 0 Å². The molecular weight excluding hydrogens is 360 g/mol. The van der Waals surface area contributed by atoms with Crippen molar-refractivity contribution in [2.75, 3.05) is 13.7 Å². The third-order valence-electron chi connectivity index (χ3n) is 5.53. The van der Waals surface area contributed by atoms with Gasteiger partial charge in [-0.1, -0.05) is 48.9 Å². The lowest BCUT2D eigenvalue weighted by Crippen LogP contribution is -2.33. The van der Waals surface area contributed by atoms with Crippen LogP contribution in [0.4, 0.5) is 0 Å². The van der Waals surface area contributed by atoms with Gasteiger partial charge in [-0.15, -0.1) is 0 Å². The van der Waals surface area contributed by atoms with Crippen molar-refractivity contribution in [3.8, 4) is 11.5 Å². The quantitative estimate of drug-likeness (QED) is 0.543. The fraction of sp³-hybridized carbons (Fsp3) is 0.320. The minimum atomic E-state index is 0.428. The molecule has 0 unspecified atom stereocenters. The molecule has 0 spiro atoms. The first-order chi connectivity index (χ1) is 14.3. The standard InChI is InChI=1S/C25H28N2O2/c1-28-25-16-21(12-13-24(25)29-19-20-8-3-2-4-9-20)18-27-15-6-5-11-23(27)22-10-7-14-26-17-22/h2-4,7-10,12-14,16-17,23H,5-6,11,15,18-19H2,1H3/t23-/m0/s1. The van der Waals surface area contributed by atoms with Crippen molar-refractivity contribution in [3.63, 3.8) is 0 Å². The van der Waals surface area contributed by atoms with Gasteiger partial charge in [-0.3, -0.25) is 9.88 Å². The summed E-state index contributed by atoms with van der Waals surface area (Å²) in [7, 11) is 1.70. The smallest absolute Gasteiger partial charge is 0.161 e. The maximum absolute atomic E-state index is 6.00. The third-order valence-corrected chi connectivity index (χ3v) is 5.53. The Morgan fingerprint density at radius 3 is 2.66 bits per heavy atom. The van der Waals surface area contributed by atoms with Crippen LogP contribution in [0.1, 0.15) is 42.0 Å². The van der Waals surface area contributed by atoms with Crippen LogP contribution in [0.15, 0.2) is 73.1 Å². The molecule has 1 fully saturated rings. The lowest BCUT2D eigenvalue weighted by molar-refractivity contribution is 0.140. The summed E-state index contributed by atoms with van der Waals surface area (Å²) in [5, 5.41) is 0. The Morgan fingerprint density at radius 1 is 0.966 bits per heavy atom. The zero-order valence-electron chi connectivity index (χ0n) is 17.0. The number of hydrogen-bond donors (Lipinski definition) is 0. The van der Waals surface area contributed by atoms with Gasteiger partial charge in [0.05, 0.1) is 7.11 Å². The van der Waals surface area contributed by atoms with Crippen LogP contribution in [0, 0.1) is 0 Å². The molecule has 0 amide bonds. The fourth-order valence-corrected chi connectivity index (χ4v) is 4.03. The molecule has 2 aromatic carbocycles. The topological polar surface area (TPSA) is 34.6 Å². The highest BCUT2D eigenvalue weighted by Crippen LogP contribution is 2.34. The number of methoxy groups -OCH3 is 1. The number of hydrogen-bond acceptors (Lipinski definition) is 4. The molecule has 0 saturated carbocycles. The lowest BCUT2D eigenvalue weighted by Gasteiger charge is -2.36. The fourth-order valence-electron chi connectivity index (χ4n) is 4.03. The number of piperidine rings is 1. The zero-order valence-corrected chi connectivity index (χ0v) is 17.0. The minimum Gasteiger partial charge on any atom is -0.493 e. The molecule has 29 heavy (non-hydrogen) atoms. The summed E-state index contributed by atoms with van der Waals surface area (Å²) >= 11 is 0. The Morgan fingerprint density at radius 2 is 1.86 bits per heavy atom. The minimum absolute atomic E-state index is 0.428. The normalized spacial score (nSPS) is 17.1. The van der Waals surface area contributed by atoms with Crippen molar-refractivity contribution in [1.82, 2.24) is 9.88 Å². The van der Waals surface area contributed by atoms with Crippen LogP contribution in [0.2, 0.25) is 0 Å². The van der Waals surface area contributed by atoms with Crippen LogP contribution in [-0.4, -0.2) is 23.5 Å². The molecule has 1 aliphatic heterocycles. The van der Waals surface area contributed by atoms with E-state index in [-0.39, 0.29) is 0 Å². The van der Waals surface area contributed by atoms with Crippen molar-refractivity contribution >= 4 is 0 Å². The molecular formula is C25H28N2O2. The second-order valence-corrected chi connectivity index (χ2v) is 7.53. The van der Waals surface area contributed by atoms with E-state index in [0.717, 1.165) is 30.2 Å². The predicted octanol–water partition coefficient (Wildman–Crippen LogP) is 5.40. The van der Waals surface area contributed by atoms with Crippen LogP contribution >= 0.6 is 0 Å². The molecule has 0 radical (unpaired) electrons. The highest BCUT2D eigenvalue weighted by Gasteiger charge is 2.24. The van der Waals surface area contributed by atoms with Gasteiger partial charge < -0.3 is 9.47 Å². The van der Waals surface area contributed by atoms with E-state index in [4.69, 9.17) is 9.47 Å². The van der Waals surface area contributed by atoms with Crippen molar-refractivity contribution in [2.24, 2.45) is 0 Å². The van der Waals surface area contributed by atoms with Gasteiger partial charge in [0.1, 0.15) is 6.61 Å². The van der Waals surface area contributed by atoms with E-state index in [1.54, 1.807) is 7.11 Å². The molecule has 1 aromatic heterocycles. The Balaban J connectivity index is 1.46. The average Bonchev–Trinajstić information content (AvgIpc) is 2.80. The number of pyridine rings is 1. The van der Waals surface area contributed by atoms with Gasteiger partial charge >= 0.3 is 0 Å². The Hall–Kier alpha value is -2.85. The summed E-state index contributed by atoms with van der Waals surface area (Å²) in [4.78, 5) is 6.88. The van der Waals surface area contributed by atoms with E-state index in [9.17, 15) is 0 Å². The molecule has 1 atom stereocenters. The summed E-state index contributed by atoms with van der Waals surface area (Å²) < 4.78 is 11.6. The van der Waals surface area contributed by atoms with Crippen LogP contribution in [0.25, 0.3) is 0 Å². The van der Waals surface area contributed by atoms with Gasteiger partial charge in [0, 0.05) is 25.0 Å². The zero-order chi connectivity index (χ0) is 19.9. The summed E-state index contributed by atoms with van der Waals surface area (Å²) in [6, 6.07) is 21.1. The van der Waals surface area contributed by atoms with Crippen molar-refractivity contribution in [1.29, 1.82) is 0 Å². The monoisotopic (exact) mass is 388 g/mol. The van der Waals surface area contributed by atoms with Gasteiger partial charge in [0.15, 0.2) is 11.5 Å². The third kappa shape index (κ3) is 4.96. The Labute approximate surface area is 173 Å². The number of benzene rings is 2. The molecule has 4 nitrogen and oxygen atoms in total. The van der Waals surface area contributed by atoms with Crippen molar-refractivity contribution in [2.45, 2.75) is 38.5 Å². The van der Waals surface area contributed by atoms with Crippen molar-refractivity contribution in [3.05, 3.63) is 89.7 Å². The van der Waals surface area contributed by atoms with E-state index in [1.165, 1.54) is 30.4 Å². The number of likely N-dealkylation sites (tertiary alicyclic amines) is 1. The van der Waals surface area contributed by atoms with E-state index < -0.39 is 0 Å². The van der Waals surface area contributed by atoms with E-state index in [0.29, 0.717) is 12.6 Å². The highest BCUT2D eigenvalue weighted by atomic mass is 16.5. The summed E-state index contributed by atoms with van der Waals surface area (Å²) in [6.07, 6.45) is 7.54. The molecule has 1 saturated heterocycles. The van der Waals surface area contributed by atoms with Gasteiger partial charge in [-0.05, 0) is 54.3 Å². The predicted molar refractivity (Wildman–Crippen MR) is 115 cm³/mol. The molecule has 1 aliphatic rings. The summed E-state index contributed by atoms with van der Waals surface area (Å²) in [5.74, 6) is 1.57. The average molecular weight is 389 g/mol. The van der Waals surface area contributed by atoms with Gasteiger partial charge in [-0.2, -0.15) is 0 Å². The maximum atomic E-state index is 6.00. The Kier molecular flexibility index (Phi) is 6.42. The van der Waals surface area contributed by atoms with Crippen LogP contribution in [0.3, 0.4) is 0 Å². The van der Waals surface area contributed by atoms with Gasteiger partial charge in [0.25, 0.3) is 0 Å². The second-order valence-electron chi connectivity index (χ2n) is 7.53.